The number of hydrogen-bond acceptors (Lipinski definition) is 4. The molecule has 1 amide bonds. The van der Waals surface area contributed by atoms with Crippen LogP contribution in [0.2, 0.25) is 0 Å². The van der Waals surface area contributed by atoms with E-state index >= 15 is 0 Å². The van der Waals surface area contributed by atoms with E-state index in [0.717, 1.165) is 17.1 Å². The van der Waals surface area contributed by atoms with Gasteiger partial charge in [-0.25, -0.2) is 5.43 Å². The summed E-state index contributed by atoms with van der Waals surface area (Å²) in [5, 5.41) is 3.99. The molecule has 0 aliphatic rings. The Kier molecular flexibility index (Phi) is 4.47. The lowest BCUT2D eigenvalue weighted by Gasteiger charge is -2.13. The van der Waals surface area contributed by atoms with Crippen LogP contribution in [0.25, 0.3) is 5.69 Å². The highest BCUT2D eigenvalue weighted by Gasteiger charge is 2.06. The number of hydrogen-bond donors (Lipinski definition) is 1. The topological polar surface area (TPSA) is 62.8 Å². The summed E-state index contributed by atoms with van der Waals surface area (Å²) >= 11 is 0. The van der Waals surface area contributed by atoms with Gasteiger partial charge in [0.15, 0.2) is 5.76 Å². The molecule has 3 rings (SSSR count). The minimum Gasteiger partial charge on any atom is -0.459 e. The smallest absolute Gasteiger partial charge is 0.307 e. The van der Waals surface area contributed by atoms with Crippen LogP contribution in [0.4, 0.5) is 5.69 Å². The van der Waals surface area contributed by atoms with Gasteiger partial charge in [-0.1, -0.05) is 0 Å². The van der Waals surface area contributed by atoms with Crippen molar-refractivity contribution in [3.05, 3.63) is 72.4 Å². The molecule has 3 aromatic rings. The van der Waals surface area contributed by atoms with Crippen molar-refractivity contribution in [2.24, 2.45) is 5.10 Å². The van der Waals surface area contributed by atoms with Crippen LogP contribution in [0, 0.1) is 0 Å². The van der Waals surface area contributed by atoms with Gasteiger partial charge in [-0.3, -0.25) is 4.79 Å². The van der Waals surface area contributed by atoms with Gasteiger partial charge in [0.05, 0.1) is 18.2 Å². The normalized spacial score (nSPS) is 10.9. The van der Waals surface area contributed by atoms with E-state index in [-0.39, 0.29) is 11.7 Å². The Balaban J connectivity index is 1.73. The second-order valence-electron chi connectivity index (χ2n) is 5.39. The fourth-order valence-electron chi connectivity index (χ4n) is 2.27. The van der Waals surface area contributed by atoms with Gasteiger partial charge in [-0.05, 0) is 48.5 Å². The number of nitrogens with one attached hydrogen (secondary N) is 1. The number of carbonyl (C=O) groups excluding carboxylic acids is 1. The fraction of sp³-hybridized carbons (Fsp3) is 0.111. The number of benzene rings is 1. The molecule has 0 saturated carbocycles. The second kappa shape index (κ2) is 6.87. The number of hydrazone groups is 1. The molecule has 2 heterocycles. The first-order valence-electron chi connectivity index (χ1n) is 7.47. The Morgan fingerprint density at radius 1 is 1.17 bits per heavy atom. The van der Waals surface area contributed by atoms with E-state index in [0.29, 0.717) is 0 Å². The average Bonchev–Trinajstić information content (AvgIpc) is 3.26. The van der Waals surface area contributed by atoms with Crippen LogP contribution >= 0.6 is 0 Å². The number of amides is 1. The number of nitrogens with zero attached hydrogens (tertiary/aromatic N) is 3. The average molecular weight is 322 g/mol. The van der Waals surface area contributed by atoms with Crippen molar-refractivity contribution in [1.29, 1.82) is 0 Å². The molecule has 0 saturated heterocycles. The van der Waals surface area contributed by atoms with E-state index in [4.69, 9.17) is 4.42 Å². The fourth-order valence-corrected chi connectivity index (χ4v) is 2.27. The van der Waals surface area contributed by atoms with Gasteiger partial charge in [-0.15, -0.1) is 0 Å². The first-order chi connectivity index (χ1) is 11.6. The van der Waals surface area contributed by atoms with Crippen molar-refractivity contribution in [2.75, 3.05) is 19.0 Å². The van der Waals surface area contributed by atoms with Gasteiger partial charge in [0, 0.05) is 31.7 Å². The Bertz CT molecular complexity index is 830. The second-order valence-corrected chi connectivity index (χ2v) is 5.39. The summed E-state index contributed by atoms with van der Waals surface area (Å²) in [6.07, 6.45) is 4.99. The predicted octanol–water partition coefficient (Wildman–Crippen LogP) is 2.90. The van der Waals surface area contributed by atoms with Crippen LogP contribution in [0.1, 0.15) is 16.2 Å². The Morgan fingerprint density at radius 2 is 1.96 bits per heavy atom. The lowest BCUT2D eigenvalue weighted by atomic mass is 10.2. The van der Waals surface area contributed by atoms with E-state index in [1.807, 2.05) is 54.0 Å². The van der Waals surface area contributed by atoms with Crippen molar-refractivity contribution in [3.8, 4) is 5.69 Å². The maximum absolute atomic E-state index is 11.8. The van der Waals surface area contributed by atoms with Crippen LogP contribution in [0.3, 0.4) is 0 Å². The van der Waals surface area contributed by atoms with Crippen molar-refractivity contribution in [1.82, 2.24) is 9.99 Å². The van der Waals surface area contributed by atoms with Gasteiger partial charge in [0.2, 0.25) is 0 Å². The third kappa shape index (κ3) is 3.38. The number of rotatable bonds is 5. The summed E-state index contributed by atoms with van der Waals surface area (Å²) < 4.78 is 7.00. The number of anilines is 1. The summed E-state index contributed by atoms with van der Waals surface area (Å²) in [4.78, 5) is 13.8. The molecule has 0 unspecified atom stereocenters. The lowest BCUT2D eigenvalue weighted by Crippen LogP contribution is -2.17. The van der Waals surface area contributed by atoms with Gasteiger partial charge < -0.3 is 13.9 Å². The summed E-state index contributed by atoms with van der Waals surface area (Å²) in [5.41, 5.74) is 5.45. The van der Waals surface area contributed by atoms with E-state index in [9.17, 15) is 4.79 Å². The molecule has 0 bridgehead atoms. The number of carbonyl (C=O) groups is 1. The highest BCUT2D eigenvalue weighted by Crippen LogP contribution is 2.17. The monoisotopic (exact) mass is 322 g/mol. The third-order valence-corrected chi connectivity index (χ3v) is 3.53. The van der Waals surface area contributed by atoms with Gasteiger partial charge >= 0.3 is 5.91 Å². The zero-order valence-electron chi connectivity index (χ0n) is 13.5. The van der Waals surface area contributed by atoms with E-state index in [1.165, 1.54) is 6.26 Å². The molecule has 0 aliphatic carbocycles. The molecule has 122 valence electrons. The maximum atomic E-state index is 11.8. The highest BCUT2D eigenvalue weighted by molar-refractivity contribution is 5.92. The highest BCUT2D eigenvalue weighted by atomic mass is 16.3. The maximum Gasteiger partial charge on any atom is 0.307 e. The molecular weight excluding hydrogens is 304 g/mol. The van der Waals surface area contributed by atoms with Crippen molar-refractivity contribution in [2.45, 2.75) is 0 Å². The molecule has 6 heteroatoms. The summed E-state index contributed by atoms with van der Waals surface area (Å²) in [5.74, 6) is -0.161. The quantitative estimate of drug-likeness (QED) is 0.580. The summed E-state index contributed by atoms with van der Waals surface area (Å²) in [7, 11) is 4.01. The van der Waals surface area contributed by atoms with E-state index < -0.39 is 0 Å². The van der Waals surface area contributed by atoms with Crippen LogP contribution in [-0.2, 0) is 0 Å². The molecule has 0 atom stereocenters. The summed E-state index contributed by atoms with van der Waals surface area (Å²) in [6.45, 7) is 0. The zero-order chi connectivity index (χ0) is 16.9. The number of furan rings is 1. The molecule has 0 fully saturated rings. The van der Waals surface area contributed by atoms with Gasteiger partial charge in [-0.2, -0.15) is 5.10 Å². The molecule has 24 heavy (non-hydrogen) atoms. The number of aromatic nitrogens is 1. The molecule has 6 nitrogen and oxygen atoms in total. The van der Waals surface area contributed by atoms with Crippen LogP contribution in [0.15, 0.2) is 70.5 Å². The van der Waals surface area contributed by atoms with Crippen molar-refractivity contribution in [3.63, 3.8) is 0 Å². The standard InChI is InChI=1S/C18H18N4O2/c1-21(2)14-7-9-15(10-8-14)22-11-3-5-16(22)13-19-20-18(23)17-6-4-12-24-17/h3-13H,1-2H3,(H,20,23). The van der Waals surface area contributed by atoms with E-state index in [1.54, 1.807) is 18.3 Å². The SMILES string of the molecule is CN(C)c1ccc(-n2cccc2C=NNC(=O)c2ccco2)cc1. The molecule has 0 aliphatic heterocycles. The predicted molar refractivity (Wildman–Crippen MR) is 93.9 cm³/mol. The minimum atomic E-state index is -0.385. The van der Waals surface area contributed by atoms with Crippen molar-refractivity contribution < 1.29 is 9.21 Å². The first-order valence-corrected chi connectivity index (χ1v) is 7.47. The molecule has 0 spiro atoms. The Labute approximate surface area is 140 Å². The molecule has 1 aromatic carbocycles. The minimum absolute atomic E-state index is 0.224. The van der Waals surface area contributed by atoms with Gasteiger partial charge in [0.25, 0.3) is 0 Å². The zero-order valence-corrected chi connectivity index (χ0v) is 13.5. The Hall–Kier alpha value is -3.28. The van der Waals surface area contributed by atoms with Crippen LogP contribution in [0.5, 0.6) is 0 Å². The van der Waals surface area contributed by atoms with Crippen molar-refractivity contribution >= 4 is 17.8 Å². The Morgan fingerprint density at radius 3 is 2.62 bits per heavy atom. The lowest BCUT2D eigenvalue weighted by molar-refractivity contribution is 0.0927. The van der Waals surface area contributed by atoms with Crippen LogP contribution < -0.4 is 10.3 Å². The molecular formula is C18H18N4O2. The largest absolute Gasteiger partial charge is 0.459 e. The van der Waals surface area contributed by atoms with Gasteiger partial charge in [0.1, 0.15) is 0 Å². The molecule has 1 N–H and O–H groups in total. The molecule has 0 radical (unpaired) electrons. The van der Waals surface area contributed by atoms with Crippen LogP contribution in [-0.4, -0.2) is 30.8 Å². The third-order valence-electron chi connectivity index (χ3n) is 3.53. The first kappa shape index (κ1) is 15.6. The molecule has 2 aromatic heterocycles. The summed E-state index contributed by atoms with van der Waals surface area (Å²) in [6, 6.07) is 15.3. The van der Waals surface area contributed by atoms with E-state index in [2.05, 4.69) is 22.7 Å².